The Balaban J connectivity index is 2.27. The summed E-state index contributed by atoms with van der Waals surface area (Å²) >= 11 is 0. The van der Waals surface area contributed by atoms with Crippen molar-refractivity contribution < 1.29 is 9.13 Å². The van der Waals surface area contributed by atoms with Gasteiger partial charge >= 0.3 is 0 Å². The minimum absolute atomic E-state index is 0.363. The molecule has 0 saturated heterocycles. The lowest BCUT2D eigenvalue weighted by molar-refractivity contribution is -0.0537. The summed E-state index contributed by atoms with van der Waals surface area (Å²) in [4.78, 5) is 0. The summed E-state index contributed by atoms with van der Waals surface area (Å²) in [5.41, 5.74) is 1.02. The number of hydrogen-bond acceptors (Lipinski definition) is 1. The van der Waals surface area contributed by atoms with Crippen LogP contribution in [-0.2, 0) is 11.3 Å². The Kier molecular flexibility index (Phi) is 4.47. The van der Waals surface area contributed by atoms with Crippen LogP contribution < -0.4 is 0 Å². The van der Waals surface area contributed by atoms with Crippen molar-refractivity contribution in [2.24, 2.45) is 0 Å². The number of halogens is 1. The smallest absolute Gasteiger partial charge is 0.199 e. The van der Waals surface area contributed by atoms with Crippen LogP contribution in [0, 0.1) is 0 Å². The molecule has 0 aliphatic heterocycles. The molecule has 0 aromatic heterocycles. The van der Waals surface area contributed by atoms with Crippen LogP contribution in [0.5, 0.6) is 0 Å². The average Bonchev–Trinajstić information content (AvgIpc) is 2.17. The lowest BCUT2D eigenvalue weighted by Crippen LogP contribution is -2.05. The summed E-state index contributed by atoms with van der Waals surface area (Å²) in [5.74, 6) is 0. The first-order chi connectivity index (χ1) is 6.33. The van der Waals surface area contributed by atoms with Crippen LogP contribution in [-0.4, -0.2) is 6.36 Å². The Morgan fingerprint density at radius 2 is 2.00 bits per heavy atom. The van der Waals surface area contributed by atoms with E-state index < -0.39 is 6.36 Å². The molecular weight excluding hydrogens is 167 g/mol. The van der Waals surface area contributed by atoms with E-state index in [9.17, 15) is 4.39 Å². The number of ether oxygens (including phenoxy) is 1. The highest BCUT2D eigenvalue weighted by Crippen LogP contribution is 2.07. The first-order valence-electron chi connectivity index (χ1n) is 4.62. The Morgan fingerprint density at radius 3 is 2.62 bits per heavy atom. The van der Waals surface area contributed by atoms with Gasteiger partial charge in [0.1, 0.15) is 0 Å². The Labute approximate surface area is 78.5 Å². The molecule has 0 amide bonds. The van der Waals surface area contributed by atoms with Crippen LogP contribution in [0.1, 0.15) is 25.3 Å². The van der Waals surface area contributed by atoms with Gasteiger partial charge in [0.05, 0.1) is 6.61 Å². The van der Waals surface area contributed by atoms with Crippen LogP contribution in [0.3, 0.4) is 0 Å². The monoisotopic (exact) mass is 182 g/mol. The molecule has 0 N–H and O–H groups in total. The Morgan fingerprint density at radius 1 is 1.31 bits per heavy atom. The van der Waals surface area contributed by atoms with Crippen LogP contribution in [0.25, 0.3) is 0 Å². The standard InChI is InChI=1S/C11H15FO/c1-2-6-11(12)13-9-10-7-4-3-5-8-10/h3-5,7-8,11H,2,6,9H2,1H3. The predicted octanol–water partition coefficient (Wildman–Crippen LogP) is 3.30. The minimum Gasteiger partial charge on any atom is -0.343 e. The lowest BCUT2D eigenvalue weighted by Gasteiger charge is -2.08. The van der Waals surface area contributed by atoms with Gasteiger partial charge in [0.15, 0.2) is 6.36 Å². The summed E-state index contributed by atoms with van der Waals surface area (Å²) in [6.45, 7) is 2.31. The molecule has 0 radical (unpaired) electrons. The van der Waals surface area contributed by atoms with Crippen molar-refractivity contribution in [2.75, 3.05) is 0 Å². The molecule has 0 aliphatic carbocycles. The van der Waals surface area contributed by atoms with Gasteiger partial charge in [-0.25, -0.2) is 4.39 Å². The van der Waals surface area contributed by atoms with Crippen molar-refractivity contribution in [3.05, 3.63) is 35.9 Å². The van der Waals surface area contributed by atoms with E-state index in [1.807, 2.05) is 37.3 Å². The summed E-state index contributed by atoms with van der Waals surface area (Å²) in [5, 5.41) is 0. The zero-order valence-corrected chi connectivity index (χ0v) is 7.87. The molecule has 1 aromatic rings. The van der Waals surface area contributed by atoms with E-state index in [1.165, 1.54) is 0 Å². The number of benzene rings is 1. The van der Waals surface area contributed by atoms with E-state index in [4.69, 9.17) is 4.74 Å². The molecule has 0 heterocycles. The number of rotatable bonds is 5. The molecule has 1 rings (SSSR count). The minimum atomic E-state index is -1.12. The molecule has 0 spiro atoms. The molecule has 0 saturated carbocycles. The zero-order chi connectivity index (χ0) is 9.52. The molecule has 0 bridgehead atoms. The SMILES string of the molecule is CCCC(F)OCc1ccccc1. The van der Waals surface area contributed by atoms with Crippen LogP contribution in [0.2, 0.25) is 0 Å². The maximum absolute atomic E-state index is 12.9. The summed E-state index contributed by atoms with van der Waals surface area (Å²) in [6.07, 6.45) is 0.174. The van der Waals surface area contributed by atoms with Gasteiger partial charge in [-0.2, -0.15) is 0 Å². The van der Waals surface area contributed by atoms with Crippen molar-refractivity contribution in [2.45, 2.75) is 32.7 Å². The van der Waals surface area contributed by atoms with E-state index in [0.717, 1.165) is 12.0 Å². The summed E-state index contributed by atoms with van der Waals surface area (Å²) in [7, 11) is 0. The van der Waals surface area contributed by atoms with E-state index in [0.29, 0.717) is 13.0 Å². The van der Waals surface area contributed by atoms with Crippen LogP contribution in [0.4, 0.5) is 4.39 Å². The molecular formula is C11H15FO. The lowest BCUT2D eigenvalue weighted by atomic mass is 10.2. The highest BCUT2D eigenvalue weighted by Gasteiger charge is 2.03. The second-order valence-corrected chi connectivity index (χ2v) is 3.00. The first kappa shape index (κ1) is 10.2. The van der Waals surface area contributed by atoms with Crippen molar-refractivity contribution in [3.8, 4) is 0 Å². The summed E-state index contributed by atoms with van der Waals surface area (Å²) in [6, 6.07) is 9.64. The highest BCUT2D eigenvalue weighted by atomic mass is 19.1. The normalized spacial score (nSPS) is 12.8. The van der Waals surface area contributed by atoms with Gasteiger partial charge in [0.2, 0.25) is 0 Å². The average molecular weight is 182 g/mol. The van der Waals surface area contributed by atoms with Crippen molar-refractivity contribution in [3.63, 3.8) is 0 Å². The van der Waals surface area contributed by atoms with E-state index in [-0.39, 0.29) is 0 Å². The molecule has 1 unspecified atom stereocenters. The fraction of sp³-hybridized carbons (Fsp3) is 0.455. The van der Waals surface area contributed by atoms with Gasteiger partial charge in [-0.05, 0) is 5.56 Å². The molecule has 2 heteroatoms. The third-order valence-electron chi connectivity index (χ3n) is 1.79. The summed E-state index contributed by atoms with van der Waals surface area (Å²) < 4.78 is 17.9. The highest BCUT2D eigenvalue weighted by molar-refractivity contribution is 5.13. The fourth-order valence-corrected chi connectivity index (χ4v) is 1.07. The van der Waals surface area contributed by atoms with Crippen molar-refractivity contribution >= 4 is 0 Å². The third-order valence-corrected chi connectivity index (χ3v) is 1.79. The maximum atomic E-state index is 12.9. The van der Waals surface area contributed by atoms with Crippen LogP contribution >= 0.6 is 0 Å². The van der Waals surface area contributed by atoms with Crippen molar-refractivity contribution in [1.29, 1.82) is 0 Å². The Bertz CT molecular complexity index is 223. The van der Waals surface area contributed by atoms with Gasteiger partial charge in [0.25, 0.3) is 0 Å². The topological polar surface area (TPSA) is 9.23 Å². The van der Waals surface area contributed by atoms with E-state index >= 15 is 0 Å². The fourth-order valence-electron chi connectivity index (χ4n) is 1.07. The van der Waals surface area contributed by atoms with E-state index in [2.05, 4.69) is 0 Å². The molecule has 72 valence electrons. The molecule has 0 aliphatic rings. The number of alkyl halides is 1. The van der Waals surface area contributed by atoms with Gasteiger partial charge < -0.3 is 4.74 Å². The largest absolute Gasteiger partial charge is 0.343 e. The molecule has 1 atom stereocenters. The van der Waals surface area contributed by atoms with Crippen LogP contribution in [0.15, 0.2) is 30.3 Å². The van der Waals surface area contributed by atoms with Gasteiger partial charge in [0, 0.05) is 6.42 Å². The van der Waals surface area contributed by atoms with Gasteiger partial charge in [-0.1, -0.05) is 43.7 Å². The third kappa shape index (κ3) is 4.04. The van der Waals surface area contributed by atoms with Crippen molar-refractivity contribution in [1.82, 2.24) is 0 Å². The molecule has 0 fully saturated rings. The quantitative estimate of drug-likeness (QED) is 0.679. The first-order valence-corrected chi connectivity index (χ1v) is 4.62. The zero-order valence-electron chi connectivity index (χ0n) is 7.87. The van der Waals surface area contributed by atoms with Gasteiger partial charge in [-0.3, -0.25) is 0 Å². The second kappa shape index (κ2) is 5.70. The molecule has 1 nitrogen and oxygen atoms in total. The predicted molar refractivity (Wildman–Crippen MR) is 51.0 cm³/mol. The van der Waals surface area contributed by atoms with Gasteiger partial charge in [-0.15, -0.1) is 0 Å². The second-order valence-electron chi connectivity index (χ2n) is 3.00. The Hall–Kier alpha value is -0.890. The molecule has 13 heavy (non-hydrogen) atoms. The van der Waals surface area contributed by atoms with E-state index in [1.54, 1.807) is 0 Å². The maximum Gasteiger partial charge on any atom is 0.199 e. The number of hydrogen-bond donors (Lipinski definition) is 0. The molecule has 1 aromatic carbocycles.